The quantitative estimate of drug-likeness (QED) is 0.749. The van der Waals surface area contributed by atoms with Gasteiger partial charge in [-0.05, 0) is 24.6 Å². The van der Waals surface area contributed by atoms with E-state index in [1.165, 1.54) is 0 Å². The number of fused-ring (bicyclic) bond motifs is 1. The fourth-order valence-electron chi connectivity index (χ4n) is 2.44. The Morgan fingerprint density at radius 1 is 1.55 bits per heavy atom. The molecule has 2 heterocycles. The first kappa shape index (κ1) is 12.5. The first-order valence-corrected chi connectivity index (χ1v) is 6.43. The Balaban J connectivity index is 2.04. The lowest BCUT2D eigenvalue weighted by Crippen LogP contribution is -2.26. The number of hydrogen-bond acceptors (Lipinski definition) is 3. The van der Waals surface area contributed by atoms with E-state index in [0.717, 1.165) is 16.6 Å². The van der Waals surface area contributed by atoms with Gasteiger partial charge in [0.25, 0.3) is 0 Å². The fraction of sp³-hybridized carbons (Fsp3) is 0.200. The van der Waals surface area contributed by atoms with Crippen LogP contribution in [-0.4, -0.2) is 38.9 Å². The smallest absolute Gasteiger partial charge is 0.145 e. The standard InChI is InChI=1S/C15H16N4O/c1-3-6-19-8-12(20)13(14(19)16)15-17-10-5-4-9(2)7-11(10)18-15/h3-5,7,16,20H,1,6,8H2,2H3,(H,17,18). The van der Waals surface area contributed by atoms with Gasteiger partial charge in [-0.2, -0.15) is 0 Å². The van der Waals surface area contributed by atoms with Crippen LogP contribution in [0.5, 0.6) is 0 Å². The van der Waals surface area contributed by atoms with E-state index >= 15 is 0 Å². The number of imidazole rings is 1. The number of aromatic nitrogens is 2. The third-order valence-electron chi connectivity index (χ3n) is 3.41. The predicted octanol–water partition coefficient (Wildman–Crippen LogP) is 2.62. The molecule has 0 spiro atoms. The molecule has 0 radical (unpaired) electrons. The van der Waals surface area contributed by atoms with E-state index in [1.807, 2.05) is 25.1 Å². The molecule has 0 unspecified atom stereocenters. The molecule has 1 aliphatic heterocycles. The summed E-state index contributed by atoms with van der Waals surface area (Å²) in [5.74, 6) is 0.991. The number of nitrogens with zero attached hydrogens (tertiary/aromatic N) is 2. The summed E-state index contributed by atoms with van der Waals surface area (Å²) in [7, 11) is 0. The number of nitrogens with one attached hydrogen (secondary N) is 2. The number of aromatic amines is 1. The van der Waals surface area contributed by atoms with Crippen LogP contribution in [0.3, 0.4) is 0 Å². The van der Waals surface area contributed by atoms with Gasteiger partial charge < -0.3 is 15.0 Å². The van der Waals surface area contributed by atoms with Gasteiger partial charge in [-0.1, -0.05) is 12.1 Å². The van der Waals surface area contributed by atoms with Crippen molar-refractivity contribution >= 4 is 22.4 Å². The second-order valence-corrected chi connectivity index (χ2v) is 4.95. The van der Waals surface area contributed by atoms with Crippen LogP contribution in [0.15, 0.2) is 36.6 Å². The molecule has 0 bridgehead atoms. The van der Waals surface area contributed by atoms with Crippen LogP contribution in [-0.2, 0) is 0 Å². The molecule has 0 aliphatic carbocycles. The molecule has 5 heteroatoms. The molecule has 3 rings (SSSR count). The summed E-state index contributed by atoms with van der Waals surface area (Å²) >= 11 is 0. The lowest BCUT2D eigenvalue weighted by atomic mass is 10.2. The lowest BCUT2D eigenvalue weighted by Gasteiger charge is -2.15. The zero-order valence-corrected chi connectivity index (χ0v) is 11.3. The monoisotopic (exact) mass is 268 g/mol. The number of aliphatic hydroxyl groups is 1. The summed E-state index contributed by atoms with van der Waals surface area (Å²) in [4.78, 5) is 9.39. The Labute approximate surface area is 116 Å². The maximum absolute atomic E-state index is 10.1. The number of aryl methyl sites for hydroxylation is 1. The fourth-order valence-corrected chi connectivity index (χ4v) is 2.44. The predicted molar refractivity (Wildman–Crippen MR) is 79.9 cm³/mol. The van der Waals surface area contributed by atoms with E-state index in [4.69, 9.17) is 5.41 Å². The SMILES string of the molecule is C=CCN1CC(O)=C(c2nc3ccc(C)cc3[nH]2)C1=N. The zero-order chi connectivity index (χ0) is 14.3. The highest BCUT2D eigenvalue weighted by atomic mass is 16.3. The number of H-pyrrole nitrogens is 1. The van der Waals surface area contributed by atoms with Gasteiger partial charge in [0.1, 0.15) is 17.4 Å². The number of hydrogen-bond donors (Lipinski definition) is 3. The third kappa shape index (κ3) is 1.87. The van der Waals surface area contributed by atoms with Gasteiger partial charge in [0.15, 0.2) is 0 Å². The Morgan fingerprint density at radius 3 is 3.10 bits per heavy atom. The van der Waals surface area contributed by atoms with Crippen molar-refractivity contribution in [3.8, 4) is 0 Å². The van der Waals surface area contributed by atoms with Gasteiger partial charge in [-0.15, -0.1) is 6.58 Å². The number of rotatable bonds is 3. The van der Waals surface area contributed by atoms with Crippen molar-refractivity contribution in [1.29, 1.82) is 5.41 Å². The maximum atomic E-state index is 10.1. The Bertz CT molecular complexity index is 741. The van der Waals surface area contributed by atoms with E-state index in [0.29, 0.717) is 24.5 Å². The van der Waals surface area contributed by atoms with E-state index in [-0.39, 0.29) is 11.6 Å². The molecule has 1 aromatic heterocycles. The van der Waals surface area contributed by atoms with Crippen LogP contribution in [0.25, 0.3) is 16.6 Å². The minimum absolute atomic E-state index is 0.174. The van der Waals surface area contributed by atoms with Crippen molar-refractivity contribution in [3.63, 3.8) is 0 Å². The summed E-state index contributed by atoms with van der Waals surface area (Å²) in [6.45, 7) is 6.54. The molecule has 2 aromatic rings. The van der Waals surface area contributed by atoms with Gasteiger partial charge >= 0.3 is 0 Å². The van der Waals surface area contributed by atoms with Gasteiger partial charge in [0.05, 0.1) is 23.2 Å². The molecule has 0 saturated carbocycles. The second kappa shape index (κ2) is 4.52. The topological polar surface area (TPSA) is 76.0 Å². The number of aliphatic hydroxyl groups excluding tert-OH is 1. The average Bonchev–Trinajstić information content (AvgIpc) is 2.91. The van der Waals surface area contributed by atoms with E-state index in [9.17, 15) is 5.11 Å². The van der Waals surface area contributed by atoms with Crippen molar-refractivity contribution in [2.75, 3.05) is 13.1 Å². The zero-order valence-electron chi connectivity index (χ0n) is 11.3. The Kier molecular flexibility index (Phi) is 2.82. The molecular weight excluding hydrogens is 252 g/mol. The van der Waals surface area contributed by atoms with Crippen molar-refractivity contribution in [3.05, 3.63) is 48.0 Å². The third-order valence-corrected chi connectivity index (χ3v) is 3.41. The van der Waals surface area contributed by atoms with Gasteiger partial charge in [-0.3, -0.25) is 5.41 Å². The van der Waals surface area contributed by atoms with E-state index in [1.54, 1.807) is 11.0 Å². The van der Waals surface area contributed by atoms with Crippen LogP contribution >= 0.6 is 0 Å². The molecule has 1 aromatic carbocycles. The summed E-state index contributed by atoms with van der Waals surface area (Å²) in [5, 5.41) is 18.2. The minimum Gasteiger partial charge on any atom is -0.510 e. The van der Waals surface area contributed by atoms with Crippen LogP contribution in [0.1, 0.15) is 11.4 Å². The number of benzene rings is 1. The highest BCUT2D eigenvalue weighted by Crippen LogP contribution is 2.27. The van der Waals surface area contributed by atoms with Crippen LogP contribution in [0.4, 0.5) is 0 Å². The molecule has 102 valence electrons. The van der Waals surface area contributed by atoms with Crippen LogP contribution in [0, 0.1) is 12.3 Å². The normalized spacial score (nSPS) is 15.4. The molecule has 5 nitrogen and oxygen atoms in total. The van der Waals surface area contributed by atoms with Gasteiger partial charge in [-0.25, -0.2) is 4.98 Å². The molecule has 0 amide bonds. The van der Waals surface area contributed by atoms with E-state index in [2.05, 4.69) is 16.5 Å². The highest BCUT2D eigenvalue weighted by molar-refractivity contribution is 6.23. The maximum Gasteiger partial charge on any atom is 0.145 e. The minimum atomic E-state index is 0.174. The summed E-state index contributed by atoms with van der Waals surface area (Å²) in [5.41, 5.74) is 3.36. The van der Waals surface area contributed by atoms with Crippen molar-refractivity contribution in [2.24, 2.45) is 0 Å². The average molecular weight is 268 g/mol. The highest BCUT2D eigenvalue weighted by Gasteiger charge is 2.29. The first-order chi connectivity index (χ1) is 9.60. The second-order valence-electron chi connectivity index (χ2n) is 4.95. The first-order valence-electron chi connectivity index (χ1n) is 6.43. The van der Waals surface area contributed by atoms with Crippen molar-refractivity contribution in [2.45, 2.75) is 6.92 Å². The molecule has 0 atom stereocenters. The summed E-state index contributed by atoms with van der Waals surface area (Å²) < 4.78 is 0. The molecule has 0 saturated heterocycles. The molecule has 20 heavy (non-hydrogen) atoms. The Morgan fingerprint density at radius 2 is 2.35 bits per heavy atom. The number of amidine groups is 1. The van der Waals surface area contributed by atoms with Crippen molar-refractivity contribution in [1.82, 2.24) is 14.9 Å². The molecule has 1 aliphatic rings. The summed E-state index contributed by atoms with van der Waals surface area (Å²) in [6.07, 6.45) is 1.72. The van der Waals surface area contributed by atoms with E-state index < -0.39 is 0 Å². The summed E-state index contributed by atoms with van der Waals surface area (Å²) in [6, 6.07) is 5.93. The molecule has 3 N–H and O–H groups in total. The van der Waals surface area contributed by atoms with Gasteiger partial charge in [0, 0.05) is 6.54 Å². The van der Waals surface area contributed by atoms with Crippen LogP contribution < -0.4 is 0 Å². The largest absolute Gasteiger partial charge is 0.510 e. The van der Waals surface area contributed by atoms with Crippen LogP contribution in [0.2, 0.25) is 0 Å². The molecular formula is C15H16N4O. The molecule has 0 fully saturated rings. The van der Waals surface area contributed by atoms with Gasteiger partial charge in [0.2, 0.25) is 0 Å². The van der Waals surface area contributed by atoms with Crippen molar-refractivity contribution < 1.29 is 5.11 Å². The lowest BCUT2D eigenvalue weighted by molar-refractivity contribution is 0.362. The Hall–Kier alpha value is -2.56.